The molecule has 25 heavy (non-hydrogen) atoms. The van der Waals surface area contributed by atoms with Gasteiger partial charge in [-0.2, -0.15) is 0 Å². The summed E-state index contributed by atoms with van der Waals surface area (Å²) in [4.78, 5) is 27.6. The van der Waals surface area contributed by atoms with E-state index in [1.54, 1.807) is 36.3 Å². The molecule has 1 aromatic carbocycles. The molecule has 0 unspecified atom stereocenters. The van der Waals surface area contributed by atoms with E-state index in [0.29, 0.717) is 12.3 Å². The summed E-state index contributed by atoms with van der Waals surface area (Å²) in [5, 5.41) is 2.83. The van der Waals surface area contributed by atoms with Gasteiger partial charge in [0.15, 0.2) is 9.84 Å². The van der Waals surface area contributed by atoms with E-state index in [-0.39, 0.29) is 49.0 Å². The lowest BCUT2D eigenvalue weighted by Gasteiger charge is -2.28. The van der Waals surface area contributed by atoms with Crippen molar-refractivity contribution >= 4 is 27.5 Å². The summed E-state index contributed by atoms with van der Waals surface area (Å²) in [6.45, 7) is 0.775. The Morgan fingerprint density at radius 3 is 2.44 bits per heavy atom. The van der Waals surface area contributed by atoms with Gasteiger partial charge in [-0.05, 0) is 24.3 Å². The lowest BCUT2D eigenvalue weighted by Crippen LogP contribution is -2.51. The normalized spacial score (nSPS) is 22.8. The summed E-state index contributed by atoms with van der Waals surface area (Å²) in [5.41, 5.74) is 0.756. The molecule has 3 rings (SSSR count). The summed E-state index contributed by atoms with van der Waals surface area (Å²) in [6.07, 6.45) is 0.226. The van der Waals surface area contributed by atoms with E-state index in [2.05, 4.69) is 5.32 Å². The first-order valence-electron chi connectivity index (χ1n) is 8.08. The van der Waals surface area contributed by atoms with Crippen molar-refractivity contribution in [2.75, 3.05) is 43.1 Å². The number of urea groups is 1. The molecule has 0 aliphatic carbocycles. The van der Waals surface area contributed by atoms with Crippen LogP contribution in [0.15, 0.2) is 24.3 Å². The Hall–Kier alpha value is -2.29. The molecule has 8 nitrogen and oxygen atoms in total. The average Bonchev–Trinajstić information content (AvgIpc) is 2.95. The van der Waals surface area contributed by atoms with Crippen molar-refractivity contribution in [3.05, 3.63) is 24.3 Å². The molecule has 2 saturated heterocycles. The van der Waals surface area contributed by atoms with Gasteiger partial charge in [0, 0.05) is 31.7 Å². The number of anilines is 1. The molecule has 2 aliphatic rings. The van der Waals surface area contributed by atoms with Crippen LogP contribution in [0, 0.1) is 0 Å². The van der Waals surface area contributed by atoms with Gasteiger partial charge in [0.05, 0.1) is 24.7 Å². The summed E-state index contributed by atoms with van der Waals surface area (Å²) in [6, 6.07) is 6.56. The van der Waals surface area contributed by atoms with Gasteiger partial charge in [0.25, 0.3) is 0 Å². The molecule has 3 amide bonds. The van der Waals surface area contributed by atoms with E-state index in [1.165, 1.54) is 4.90 Å². The van der Waals surface area contributed by atoms with Crippen molar-refractivity contribution in [2.45, 2.75) is 12.5 Å². The maximum atomic E-state index is 12.3. The van der Waals surface area contributed by atoms with Gasteiger partial charge in [-0.1, -0.05) is 0 Å². The summed E-state index contributed by atoms with van der Waals surface area (Å²) in [7, 11) is -1.45. The van der Waals surface area contributed by atoms with Crippen LogP contribution in [0.3, 0.4) is 0 Å². The molecule has 2 fully saturated rings. The number of nitrogens with zero attached hydrogens (tertiary/aromatic N) is 2. The molecule has 2 aliphatic heterocycles. The molecule has 2 heterocycles. The predicted molar refractivity (Wildman–Crippen MR) is 92.5 cm³/mol. The third-order valence-electron chi connectivity index (χ3n) is 4.47. The molecule has 1 atom stereocenters. The molecule has 0 spiro atoms. The van der Waals surface area contributed by atoms with Crippen LogP contribution in [-0.2, 0) is 14.6 Å². The second kappa shape index (κ2) is 6.91. The van der Waals surface area contributed by atoms with E-state index >= 15 is 0 Å². The molecular formula is C16H21N3O5S. The van der Waals surface area contributed by atoms with Crippen LogP contribution in [0.25, 0.3) is 0 Å². The number of methoxy groups -OCH3 is 1. The van der Waals surface area contributed by atoms with Crippen LogP contribution in [-0.4, -0.2) is 69.5 Å². The van der Waals surface area contributed by atoms with Crippen LogP contribution in [0.5, 0.6) is 5.75 Å². The van der Waals surface area contributed by atoms with Gasteiger partial charge in [0.2, 0.25) is 5.91 Å². The zero-order valence-corrected chi connectivity index (χ0v) is 14.8. The monoisotopic (exact) mass is 367 g/mol. The molecule has 1 aromatic rings. The van der Waals surface area contributed by atoms with E-state index in [0.717, 1.165) is 5.69 Å². The van der Waals surface area contributed by atoms with Gasteiger partial charge >= 0.3 is 6.03 Å². The lowest BCUT2D eigenvalue weighted by atomic mass is 10.2. The van der Waals surface area contributed by atoms with Crippen LogP contribution in [0.1, 0.15) is 6.42 Å². The van der Waals surface area contributed by atoms with Gasteiger partial charge in [-0.15, -0.1) is 0 Å². The first-order valence-corrected chi connectivity index (χ1v) is 9.90. The highest BCUT2D eigenvalue weighted by Gasteiger charge is 2.33. The molecule has 0 bridgehead atoms. The fraction of sp³-hybridized carbons (Fsp3) is 0.500. The Morgan fingerprint density at radius 1 is 1.20 bits per heavy atom. The van der Waals surface area contributed by atoms with Crippen LogP contribution >= 0.6 is 0 Å². The van der Waals surface area contributed by atoms with Crippen LogP contribution in [0.4, 0.5) is 10.5 Å². The molecular weight excluding hydrogens is 346 g/mol. The van der Waals surface area contributed by atoms with E-state index in [9.17, 15) is 18.0 Å². The average molecular weight is 367 g/mol. The van der Waals surface area contributed by atoms with E-state index < -0.39 is 9.84 Å². The Kier molecular flexibility index (Phi) is 4.85. The van der Waals surface area contributed by atoms with Crippen molar-refractivity contribution in [2.24, 2.45) is 0 Å². The predicted octanol–water partition coefficient (Wildman–Crippen LogP) is 0.241. The number of hydrogen-bond donors (Lipinski definition) is 1. The quantitative estimate of drug-likeness (QED) is 0.826. The highest BCUT2D eigenvalue weighted by atomic mass is 32.2. The summed E-state index contributed by atoms with van der Waals surface area (Å²) >= 11 is 0. The Labute approximate surface area is 146 Å². The largest absolute Gasteiger partial charge is 0.497 e. The van der Waals surface area contributed by atoms with Crippen molar-refractivity contribution in [1.82, 2.24) is 10.2 Å². The SMILES string of the molecule is COc1ccc(N2C[C@@H](NC(=O)N3CCS(=O)(=O)CC3)CC2=O)cc1. The molecule has 136 valence electrons. The number of sulfone groups is 1. The Bertz CT molecular complexity index is 748. The zero-order valence-electron chi connectivity index (χ0n) is 14.0. The smallest absolute Gasteiger partial charge is 0.317 e. The van der Waals surface area contributed by atoms with Gasteiger partial charge < -0.3 is 19.9 Å². The second-order valence-corrected chi connectivity index (χ2v) is 8.50. The highest BCUT2D eigenvalue weighted by molar-refractivity contribution is 7.91. The topological polar surface area (TPSA) is 96.0 Å². The number of amides is 3. The minimum Gasteiger partial charge on any atom is -0.497 e. The van der Waals surface area contributed by atoms with Crippen molar-refractivity contribution < 1.29 is 22.7 Å². The molecule has 0 aromatic heterocycles. The fourth-order valence-corrected chi connectivity index (χ4v) is 4.20. The maximum absolute atomic E-state index is 12.3. The first kappa shape index (κ1) is 17.5. The third kappa shape index (κ3) is 4.04. The highest BCUT2D eigenvalue weighted by Crippen LogP contribution is 2.24. The minimum atomic E-state index is -3.03. The van der Waals surface area contributed by atoms with Crippen molar-refractivity contribution in [3.8, 4) is 5.75 Å². The standard InChI is InChI=1S/C16H21N3O5S/c1-24-14-4-2-13(3-5-14)19-11-12(10-15(19)20)17-16(21)18-6-8-25(22,23)9-7-18/h2-5,12H,6-11H2,1H3,(H,17,21)/t12-/m0/s1. The summed E-state index contributed by atoms with van der Waals surface area (Å²) in [5.74, 6) is 0.626. The molecule has 1 N–H and O–H groups in total. The number of ether oxygens (including phenoxy) is 1. The Balaban J connectivity index is 1.58. The van der Waals surface area contributed by atoms with Crippen molar-refractivity contribution in [1.29, 1.82) is 0 Å². The number of nitrogens with one attached hydrogen (secondary N) is 1. The molecule has 9 heteroatoms. The first-order chi connectivity index (χ1) is 11.9. The van der Waals surface area contributed by atoms with Gasteiger partial charge in [-0.25, -0.2) is 13.2 Å². The third-order valence-corrected chi connectivity index (χ3v) is 6.08. The molecule has 0 saturated carbocycles. The molecule has 0 radical (unpaired) electrons. The van der Waals surface area contributed by atoms with Gasteiger partial charge in [0.1, 0.15) is 5.75 Å². The number of benzene rings is 1. The number of rotatable bonds is 3. The second-order valence-electron chi connectivity index (χ2n) is 6.19. The van der Waals surface area contributed by atoms with Crippen LogP contribution < -0.4 is 15.0 Å². The van der Waals surface area contributed by atoms with Gasteiger partial charge in [-0.3, -0.25) is 4.79 Å². The number of hydrogen-bond acceptors (Lipinski definition) is 5. The summed E-state index contributed by atoms with van der Waals surface area (Å²) < 4.78 is 28.0. The van der Waals surface area contributed by atoms with Crippen LogP contribution in [0.2, 0.25) is 0 Å². The van der Waals surface area contributed by atoms with Crippen molar-refractivity contribution in [3.63, 3.8) is 0 Å². The number of carbonyl (C=O) groups is 2. The maximum Gasteiger partial charge on any atom is 0.317 e. The van der Waals surface area contributed by atoms with E-state index in [1.807, 2.05) is 0 Å². The zero-order chi connectivity index (χ0) is 18.0. The number of carbonyl (C=O) groups excluding carboxylic acids is 2. The minimum absolute atomic E-state index is 0.0119. The lowest BCUT2D eigenvalue weighted by molar-refractivity contribution is -0.117. The fourth-order valence-electron chi connectivity index (χ4n) is 3.00. The van der Waals surface area contributed by atoms with E-state index in [4.69, 9.17) is 4.74 Å². The Morgan fingerprint density at radius 2 is 1.84 bits per heavy atom.